The number of piperidine rings is 1. The third-order valence-electron chi connectivity index (χ3n) is 5.64. The predicted molar refractivity (Wildman–Crippen MR) is 118 cm³/mol. The van der Waals surface area contributed by atoms with E-state index in [1.54, 1.807) is 0 Å². The number of furan rings is 1. The van der Waals surface area contributed by atoms with Gasteiger partial charge in [-0.2, -0.15) is 0 Å². The van der Waals surface area contributed by atoms with Crippen LogP contribution >= 0.6 is 12.4 Å². The van der Waals surface area contributed by atoms with E-state index in [2.05, 4.69) is 22.4 Å². The van der Waals surface area contributed by atoms with Crippen molar-refractivity contribution in [2.24, 2.45) is 0 Å². The molecule has 0 aromatic carbocycles. The van der Waals surface area contributed by atoms with Crippen LogP contribution in [-0.2, 0) is 0 Å². The molecule has 0 bridgehead atoms. The number of halogens is 1. The number of fused-ring (bicyclic) bond motifs is 1. The first kappa shape index (κ1) is 22.3. The van der Waals surface area contributed by atoms with Gasteiger partial charge in [0.25, 0.3) is 11.6 Å². The van der Waals surface area contributed by atoms with Crippen molar-refractivity contribution in [3.8, 4) is 11.3 Å². The van der Waals surface area contributed by atoms with Crippen molar-refractivity contribution in [3.05, 3.63) is 34.9 Å². The zero-order valence-corrected chi connectivity index (χ0v) is 18.8. The average molecular weight is 433 g/mol. The van der Waals surface area contributed by atoms with E-state index in [4.69, 9.17) is 8.94 Å². The molecule has 3 aromatic heterocycles. The van der Waals surface area contributed by atoms with Gasteiger partial charge in [0, 0.05) is 18.2 Å². The topological polar surface area (TPSA) is 84.4 Å². The van der Waals surface area contributed by atoms with Gasteiger partial charge in [0.1, 0.15) is 11.5 Å². The number of carbonyl (C=O) groups excluding carboxylic acids is 1. The molecule has 1 fully saturated rings. The van der Waals surface area contributed by atoms with Crippen LogP contribution in [0.5, 0.6) is 0 Å². The summed E-state index contributed by atoms with van der Waals surface area (Å²) in [6, 6.07) is 4.06. The average Bonchev–Trinajstić information content (AvgIpc) is 3.27. The van der Waals surface area contributed by atoms with Crippen molar-refractivity contribution in [1.82, 2.24) is 20.4 Å². The fourth-order valence-corrected chi connectivity index (χ4v) is 4.25. The minimum Gasteiger partial charge on any atom is -0.466 e. The van der Waals surface area contributed by atoms with Crippen LogP contribution < -0.4 is 5.32 Å². The fraction of sp³-hybridized carbons (Fsp3) is 0.500. The summed E-state index contributed by atoms with van der Waals surface area (Å²) < 4.78 is 11.1. The molecule has 4 heterocycles. The van der Waals surface area contributed by atoms with Gasteiger partial charge >= 0.3 is 0 Å². The Morgan fingerprint density at radius 2 is 1.97 bits per heavy atom. The number of nitrogens with one attached hydrogen (secondary N) is 1. The van der Waals surface area contributed by atoms with Gasteiger partial charge in [-0.15, -0.1) is 12.4 Å². The Morgan fingerprint density at radius 1 is 1.23 bits per heavy atom. The molecule has 30 heavy (non-hydrogen) atoms. The lowest BCUT2D eigenvalue weighted by molar-refractivity contribution is 0.0644. The van der Waals surface area contributed by atoms with Crippen molar-refractivity contribution >= 4 is 29.4 Å². The molecule has 0 unspecified atom stereocenters. The van der Waals surface area contributed by atoms with Crippen molar-refractivity contribution < 1.29 is 13.7 Å². The highest BCUT2D eigenvalue weighted by molar-refractivity contribution is 6.07. The highest BCUT2D eigenvalue weighted by Gasteiger charge is 2.29. The van der Waals surface area contributed by atoms with E-state index in [-0.39, 0.29) is 24.4 Å². The van der Waals surface area contributed by atoms with Crippen molar-refractivity contribution in [3.63, 3.8) is 0 Å². The van der Waals surface area contributed by atoms with E-state index in [1.165, 1.54) is 0 Å². The molecule has 0 aliphatic carbocycles. The normalized spacial score (nSPS) is 14.7. The van der Waals surface area contributed by atoms with Gasteiger partial charge in [-0.05, 0) is 65.3 Å². The number of hydrogen-bond donors (Lipinski definition) is 1. The first-order valence-electron chi connectivity index (χ1n) is 10.4. The Kier molecular flexibility index (Phi) is 6.83. The van der Waals surface area contributed by atoms with Crippen LogP contribution in [0.4, 0.5) is 0 Å². The molecule has 1 amide bonds. The summed E-state index contributed by atoms with van der Waals surface area (Å²) in [5.41, 5.74) is 3.23. The van der Waals surface area contributed by atoms with Gasteiger partial charge in [0.2, 0.25) is 0 Å². The molecule has 3 aromatic rings. The molecule has 1 aliphatic heterocycles. The molecule has 0 atom stereocenters. The van der Waals surface area contributed by atoms with Gasteiger partial charge in [-0.1, -0.05) is 12.1 Å². The van der Waals surface area contributed by atoms with Crippen molar-refractivity contribution in [2.75, 3.05) is 19.6 Å². The van der Waals surface area contributed by atoms with Crippen LogP contribution in [0.15, 0.2) is 21.1 Å². The van der Waals surface area contributed by atoms with E-state index >= 15 is 0 Å². The smallest absolute Gasteiger partial charge is 0.259 e. The number of aryl methyl sites for hydroxylation is 3. The van der Waals surface area contributed by atoms with Crippen LogP contribution in [0.2, 0.25) is 0 Å². The highest BCUT2D eigenvalue weighted by Crippen LogP contribution is 2.31. The number of pyridine rings is 1. The second-order valence-corrected chi connectivity index (χ2v) is 7.81. The second kappa shape index (κ2) is 9.18. The lowest BCUT2D eigenvalue weighted by Gasteiger charge is -2.34. The van der Waals surface area contributed by atoms with Gasteiger partial charge in [-0.3, -0.25) is 4.79 Å². The molecule has 7 nitrogen and oxygen atoms in total. The molecule has 162 valence electrons. The van der Waals surface area contributed by atoms with Gasteiger partial charge in [-0.25, -0.2) is 4.98 Å². The second-order valence-electron chi connectivity index (χ2n) is 7.81. The third-order valence-corrected chi connectivity index (χ3v) is 5.64. The van der Waals surface area contributed by atoms with Crippen LogP contribution in [0.3, 0.4) is 0 Å². The third kappa shape index (κ3) is 4.09. The number of hydrogen-bond acceptors (Lipinski definition) is 6. The predicted octanol–water partition coefficient (Wildman–Crippen LogP) is 4.43. The quantitative estimate of drug-likeness (QED) is 0.641. The standard InChI is InChI=1S/C22H28N4O3.ClH/c1-5-10-26(16-6-8-23-9-7-16)22(27)18-12-19(17-11-13(2)28-15(17)4)24-21-20(18)14(3)25-29-21;/h11-12,16,23H,5-10H2,1-4H3;1H. The lowest BCUT2D eigenvalue weighted by atomic mass is 10.0. The molecular formula is C22H29ClN4O3. The zero-order valence-electron chi connectivity index (χ0n) is 17.9. The summed E-state index contributed by atoms with van der Waals surface area (Å²) in [6.45, 7) is 10.4. The van der Waals surface area contributed by atoms with Crippen LogP contribution in [0, 0.1) is 20.8 Å². The molecule has 1 aliphatic rings. The Balaban J connectivity index is 0.00000256. The molecule has 4 rings (SSSR count). The number of nitrogens with zero attached hydrogens (tertiary/aromatic N) is 3. The summed E-state index contributed by atoms with van der Waals surface area (Å²) in [5.74, 6) is 1.60. The first-order valence-corrected chi connectivity index (χ1v) is 10.4. The summed E-state index contributed by atoms with van der Waals surface area (Å²) in [6.07, 6.45) is 2.85. The maximum atomic E-state index is 13.8. The Bertz CT molecular complexity index is 1040. The van der Waals surface area contributed by atoms with Crippen LogP contribution in [0.25, 0.3) is 22.4 Å². The summed E-state index contributed by atoms with van der Waals surface area (Å²) >= 11 is 0. The van der Waals surface area contributed by atoms with Gasteiger partial charge in [0.05, 0.1) is 22.3 Å². The van der Waals surface area contributed by atoms with E-state index in [1.807, 2.05) is 37.8 Å². The van der Waals surface area contributed by atoms with Crippen LogP contribution in [0.1, 0.15) is 53.8 Å². The summed E-state index contributed by atoms with van der Waals surface area (Å²) in [4.78, 5) is 20.4. The van der Waals surface area contributed by atoms with E-state index in [0.717, 1.165) is 56.0 Å². The Morgan fingerprint density at radius 3 is 2.60 bits per heavy atom. The minimum absolute atomic E-state index is 0. The first-order chi connectivity index (χ1) is 14.0. The van der Waals surface area contributed by atoms with Gasteiger partial charge < -0.3 is 19.2 Å². The Labute approximate surface area is 182 Å². The number of amides is 1. The van der Waals surface area contributed by atoms with Crippen molar-refractivity contribution in [1.29, 1.82) is 0 Å². The molecule has 1 N–H and O–H groups in total. The van der Waals surface area contributed by atoms with E-state index in [9.17, 15) is 4.79 Å². The fourth-order valence-electron chi connectivity index (χ4n) is 4.25. The molecule has 0 spiro atoms. The monoisotopic (exact) mass is 432 g/mol. The number of aromatic nitrogens is 2. The number of carbonyl (C=O) groups is 1. The zero-order chi connectivity index (χ0) is 20.5. The number of rotatable bonds is 5. The van der Waals surface area contributed by atoms with E-state index in [0.29, 0.717) is 28.1 Å². The minimum atomic E-state index is 0. The van der Waals surface area contributed by atoms with Gasteiger partial charge in [0.15, 0.2) is 0 Å². The summed E-state index contributed by atoms with van der Waals surface area (Å²) in [5, 5.41) is 8.16. The molecule has 0 saturated carbocycles. The largest absolute Gasteiger partial charge is 0.466 e. The Hall–Kier alpha value is -2.38. The molecule has 0 radical (unpaired) electrons. The van der Waals surface area contributed by atoms with Crippen LogP contribution in [-0.4, -0.2) is 46.6 Å². The lowest BCUT2D eigenvalue weighted by Crippen LogP contribution is -2.46. The molecular weight excluding hydrogens is 404 g/mol. The maximum Gasteiger partial charge on any atom is 0.259 e. The molecule has 1 saturated heterocycles. The highest BCUT2D eigenvalue weighted by atomic mass is 35.5. The summed E-state index contributed by atoms with van der Waals surface area (Å²) in [7, 11) is 0. The van der Waals surface area contributed by atoms with E-state index < -0.39 is 0 Å². The SMILES string of the molecule is CCCN(C(=O)c1cc(-c2cc(C)oc2C)nc2onc(C)c12)C1CCNCC1.Cl. The maximum absolute atomic E-state index is 13.8. The molecule has 8 heteroatoms. The van der Waals surface area contributed by atoms with Crippen molar-refractivity contribution in [2.45, 2.75) is 53.0 Å².